The van der Waals surface area contributed by atoms with Crippen LogP contribution in [0.5, 0.6) is 11.5 Å². The molecule has 164 valence electrons. The summed E-state index contributed by atoms with van der Waals surface area (Å²) >= 11 is 6.21. The Hall–Kier alpha value is -3.78. The van der Waals surface area contributed by atoms with Crippen LogP contribution >= 0.6 is 11.6 Å². The number of ketones is 1. The molecule has 0 radical (unpaired) electrons. The number of carbonyl (C=O) groups is 2. The highest BCUT2D eigenvalue weighted by atomic mass is 35.5. The van der Waals surface area contributed by atoms with Gasteiger partial charge < -0.3 is 19.1 Å². The van der Waals surface area contributed by atoms with Gasteiger partial charge in [-0.1, -0.05) is 28.9 Å². The van der Waals surface area contributed by atoms with Crippen LogP contribution in [-0.2, 0) is 9.59 Å². The Kier molecular flexibility index (Phi) is 5.63. The van der Waals surface area contributed by atoms with Gasteiger partial charge in [-0.2, -0.15) is 0 Å². The number of aliphatic hydroxyl groups is 1. The third kappa shape index (κ3) is 3.58. The first-order valence-corrected chi connectivity index (χ1v) is 9.95. The van der Waals surface area contributed by atoms with Crippen LogP contribution in [0.25, 0.3) is 5.76 Å². The lowest BCUT2D eigenvalue weighted by molar-refractivity contribution is -0.132. The average molecular weight is 455 g/mol. The number of hydrogen-bond acceptors (Lipinski definition) is 7. The number of amides is 1. The van der Waals surface area contributed by atoms with Crippen LogP contribution < -0.4 is 14.4 Å². The highest BCUT2D eigenvalue weighted by Crippen LogP contribution is 2.43. The standard InChI is InChI=1S/C23H19ClN2O6/c1-12-9-18(25-32-12)26-20(13-5-4-6-15(10-13)30-2)19(22(28)23(26)29)21(27)14-7-8-17(31-3)16(24)11-14/h4-11,20,27H,1-3H3. The molecule has 0 bridgehead atoms. The van der Waals surface area contributed by atoms with Crippen LogP contribution in [-0.4, -0.2) is 36.2 Å². The van der Waals surface area contributed by atoms with Gasteiger partial charge in [0.05, 0.1) is 30.9 Å². The number of carbonyl (C=O) groups excluding carboxylic acids is 2. The van der Waals surface area contributed by atoms with E-state index in [1.54, 1.807) is 49.4 Å². The Morgan fingerprint density at radius 2 is 1.91 bits per heavy atom. The number of aromatic nitrogens is 1. The molecule has 1 atom stereocenters. The van der Waals surface area contributed by atoms with E-state index < -0.39 is 17.7 Å². The molecule has 3 aromatic rings. The molecule has 1 fully saturated rings. The SMILES string of the molecule is COc1cccc(C2C(=C(O)c3ccc(OC)c(Cl)c3)C(=O)C(=O)N2c2cc(C)on2)c1. The minimum Gasteiger partial charge on any atom is -0.507 e. The second-order valence-corrected chi connectivity index (χ2v) is 7.50. The summed E-state index contributed by atoms with van der Waals surface area (Å²) in [5.41, 5.74) is 0.702. The molecule has 1 saturated heterocycles. The van der Waals surface area contributed by atoms with Crippen molar-refractivity contribution >= 4 is 34.9 Å². The molecular weight excluding hydrogens is 436 g/mol. The van der Waals surface area contributed by atoms with E-state index in [4.69, 9.17) is 25.6 Å². The van der Waals surface area contributed by atoms with Gasteiger partial charge in [0.2, 0.25) is 0 Å². The number of anilines is 1. The molecule has 1 aromatic heterocycles. The van der Waals surface area contributed by atoms with Gasteiger partial charge in [0.1, 0.15) is 23.0 Å². The van der Waals surface area contributed by atoms with Gasteiger partial charge in [0.15, 0.2) is 5.82 Å². The van der Waals surface area contributed by atoms with Crippen molar-refractivity contribution in [2.45, 2.75) is 13.0 Å². The minimum absolute atomic E-state index is 0.106. The van der Waals surface area contributed by atoms with E-state index in [-0.39, 0.29) is 27.7 Å². The maximum absolute atomic E-state index is 13.1. The van der Waals surface area contributed by atoms with Crippen LogP contribution in [0.3, 0.4) is 0 Å². The van der Waals surface area contributed by atoms with Gasteiger partial charge in [0, 0.05) is 11.6 Å². The quantitative estimate of drug-likeness (QED) is 0.348. The van der Waals surface area contributed by atoms with Gasteiger partial charge >= 0.3 is 5.91 Å². The van der Waals surface area contributed by atoms with Gasteiger partial charge in [0.25, 0.3) is 5.78 Å². The minimum atomic E-state index is -0.963. The fourth-order valence-electron chi connectivity index (χ4n) is 3.63. The first kappa shape index (κ1) is 21.5. The number of Topliss-reactive ketones (excluding diaryl/α,β-unsaturated/α-hetero) is 1. The number of nitrogens with zero attached hydrogens (tertiary/aromatic N) is 2. The van der Waals surface area contributed by atoms with Crippen LogP contribution in [0.1, 0.15) is 22.9 Å². The molecule has 0 aliphatic carbocycles. The monoisotopic (exact) mass is 454 g/mol. The Bertz CT molecular complexity index is 1250. The summed E-state index contributed by atoms with van der Waals surface area (Å²) in [5, 5.41) is 15.3. The lowest BCUT2D eigenvalue weighted by atomic mass is 9.95. The van der Waals surface area contributed by atoms with E-state index in [2.05, 4.69) is 5.16 Å². The second kappa shape index (κ2) is 8.39. The Labute approximate surface area is 188 Å². The number of rotatable bonds is 5. The number of ether oxygens (including phenoxy) is 2. The average Bonchev–Trinajstić information content (AvgIpc) is 3.33. The van der Waals surface area contributed by atoms with Crippen molar-refractivity contribution in [3.63, 3.8) is 0 Å². The van der Waals surface area contributed by atoms with Crippen molar-refractivity contribution in [2.24, 2.45) is 0 Å². The molecule has 1 amide bonds. The summed E-state index contributed by atoms with van der Waals surface area (Å²) < 4.78 is 15.6. The maximum Gasteiger partial charge on any atom is 0.301 e. The zero-order chi connectivity index (χ0) is 23.0. The summed E-state index contributed by atoms with van der Waals surface area (Å²) in [5.74, 6) is -0.515. The van der Waals surface area contributed by atoms with Crippen LogP contribution in [0.2, 0.25) is 5.02 Å². The van der Waals surface area contributed by atoms with Gasteiger partial charge in [-0.3, -0.25) is 14.5 Å². The third-order valence-corrected chi connectivity index (χ3v) is 5.44. The summed E-state index contributed by atoms with van der Waals surface area (Å²) in [6.45, 7) is 1.67. The molecule has 32 heavy (non-hydrogen) atoms. The second-order valence-electron chi connectivity index (χ2n) is 7.09. The van der Waals surface area contributed by atoms with Crippen molar-refractivity contribution in [2.75, 3.05) is 19.1 Å². The van der Waals surface area contributed by atoms with E-state index in [9.17, 15) is 14.7 Å². The molecule has 2 heterocycles. The van der Waals surface area contributed by atoms with Crippen molar-refractivity contribution in [3.05, 3.63) is 76.0 Å². The first-order chi connectivity index (χ1) is 15.3. The van der Waals surface area contributed by atoms with E-state index >= 15 is 0 Å². The summed E-state index contributed by atoms with van der Waals surface area (Å²) in [7, 11) is 2.98. The molecule has 0 spiro atoms. The van der Waals surface area contributed by atoms with Gasteiger partial charge in [-0.15, -0.1) is 0 Å². The zero-order valence-corrected chi connectivity index (χ0v) is 18.2. The van der Waals surface area contributed by atoms with E-state index in [1.807, 2.05) is 0 Å². The molecule has 1 unspecified atom stereocenters. The maximum atomic E-state index is 13.1. The largest absolute Gasteiger partial charge is 0.507 e. The molecule has 8 nitrogen and oxygen atoms in total. The van der Waals surface area contributed by atoms with Crippen LogP contribution in [0.4, 0.5) is 5.82 Å². The smallest absolute Gasteiger partial charge is 0.301 e. The first-order valence-electron chi connectivity index (χ1n) is 9.58. The fourth-order valence-corrected chi connectivity index (χ4v) is 3.89. The van der Waals surface area contributed by atoms with E-state index in [1.165, 1.54) is 25.2 Å². The summed E-state index contributed by atoms with van der Waals surface area (Å²) in [6.07, 6.45) is 0. The van der Waals surface area contributed by atoms with E-state index in [0.29, 0.717) is 22.8 Å². The number of benzene rings is 2. The van der Waals surface area contributed by atoms with Crippen molar-refractivity contribution in [1.82, 2.24) is 5.16 Å². The van der Waals surface area contributed by atoms with Crippen LogP contribution in [0, 0.1) is 6.92 Å². The molecule has 1 aliphatic rings. The Morgan fingerprint density at radius 1 is 1.12 bits per heavy atom. The van der Waals surface area contributed by atoms with Crippen LogP contribution in [0.15, 0.2) is 58.6 Å². The predicted octanol–water partition coefficient (Wildman–Crippen LogP) is 4.28. The predicted molar refractivity (Wildman–Crippen MR) is 117 cm³/mol. The Balaban J connectivity index is 1.94. The molecule has 2 aromatic carbocycles. The molecule has 1 N–H and O–H groups in total. The molecule has 0 saturated carbocycles. The highest BCUT2D eigenvalue weighted by molar-refractivity contribution is 6.51. The zero-order valence-electron chi connectivity index (χ0n) is 17.5. The number of halogens is 1. The Morgan fingerprint density at radius 3 is 2.53 bits per heavy atom. The fraction of sp³-hybridized carbons (Fsp3) is 0.174. The lowest BCUT2D eigenvalue weighted by Gasteiger charge is -2.23. The van der Waals surface area contributed by atoms with Crippen molar-refractivity contribution in [3.8, 4) is 11.5 Å². The summed E-state index contributed by atoms with van der Waals surface area (Å²) in [6, 6.07) is 12.0. The van der Waals surface area contributed by atoms with Crippen molar-refractivity contribution in [1.29, 1.82) is 0 Å². The third-order valence-electron chi connectivity index (χ3n) is 5.14. The highest BCUT2D eigenvalue weighted by Gasteiger charge is 2.48. The molecule has 4 rings (SSSR count). The molecule has 9 heteroatoms. The normalized spacial score (nSPS) is 17.6. The van der Waals surface area contributed by atoms with Gasteiger partial charge in [-0.05, 0) is 42.8 Å². The topological polar surface area (TPSA) is 102 Å². The van der Waals surface area contributed by atoms with Gasteiger partial charge in [-0.25, -0.2) is 0 Å². The lowest BCUT2D eigenvalue weighted by Crippen LogP contribution is -2.29. The number of aryl methyl sites for hydroxylation is 1. The molecular formula is C23H19ClN2O6. The molecule has 1 aliphatic heterocycles. The van der Waals surface area contributed by atoms with Crippen molar-refractivity contribution < 1.29 is 28.7 Å². The summed E-state index contributed by atoms with van der Waals surface area (Å²) in [4.78, 5) is 27.3. The van der Waals surface area contributed by atoms with E-state index in [0.717, 1.165) is 0 Å². The number of hydrogen-bond donors (Lipinski definition) is 1. The number of methoxy groups -OCH3 is 2. The number of aliphatic hydroxyl groups excluding tert-OH is 1.